The molecule has 1 aromatic rings. The predicted molar refractivity (Wildman–Crippen MR) is 65.1 cm³/mol. The number of hydrogen-bond donors (Lipinski definition) is 0. The van der Waals surface area contributed by atoms with Crippen molar-refractivity contribution in [1.29, 1.82) is 0 Å². The topological polar surface area (TPSA) is 65.5 Å². The van der Waals surface area contributed by atoms with Crippen molar-refractivity contribution in [2.24, 2.45) is 0 Å². The van der Waals surface area contributed by atoms with Crippen LogP contribution in [0.1, 0.15) is 37.7 Å². The molecule has 0 saturated carbocycles. The number of nitrogens with zero attached hydrogens (tertiary/aromatic N) is 1. The Morgan fingerprint density at radius 2 is 1.94 bits per heavy atom. The quantitative estimate of drug-likeness (QED) is 0.765. The van der Waals surface area contributed by atoms with Crippen LogP contribution in [0.5, 0.6) is 5.75 Å². The van der Waals surface area contributed by atoms with Crippen LogP contribution >= 0.6 is 0 Å². The highest BCUT2D eigenvalue weighted by Crippen LogP contribution is 2.25. The van der Waals surface area contributed by atoms with Gasteiger partial charge in [0, 0.05) is 25.1 Å². The zero-order valence-electron chi connectivity index (χ0n) is 11.1. The number of carbonyl (C=O) groups is 2. The first kappa shape index (κ1) is 14.2. The van der Waals surface area contributed by atoms with Gasteiger partial charge in [0.2, 0.25) is 0 Å². The van der Waals surface area contributed by atoms with E-state index in [4.69, 9.17) is 9.47 Å². The Hall–Kier alpha value is -1.91. The second-order valence-electron chi connectivity index (χ2n) is 3.93. The molecule has 1 rings (SSSR count). The predicted octanol–water partition coefficient (Wildman–Crippen LogP) is 1.94. The summed E-state index contributed by atoms with van der Waals surface area (Å²) in [7, 11) is 0. The number of aryl methyl sites for hydroxylation is 2. The van der Waals surface area contributed by atoms with Crippen LogP contribution in [0.2, 0.25) is 0 Å². The van der Waals surface area contributed by atoms with Gasteiger partial charge in [-0.25, -0.2) is 0 Å². The highest BCUT2D eigenvalue weighted by molar-refractivity contribution is 5.70. The lowest BCUT2D eigenvalue weighted by molar-refractivity contribution is -0.142. The normalized spacial score (nSPS) is 10.0. The average molecular weight is 251 g/mol. The second kappa shape index (κ2) is 6.14. The fourth-order valence-electron chi connectivity index (χ4n) is 1.59. The molecule has 0 aliphatic heterocycles. The molecule has 1 heterocycles. The molecule has 0 fully saturated rings. The third kappa shape index (κ3) is 3.84. The standard InChI is InChI=1S/C13H17NO4/c1-5-12-13(18-10(4)16)11(6-8(2)14-12)7-17-9(3)15/h6H,5,7H2,1-4H3. The largest absolute Gasteiger partial charge is 0.461 e. The molecular formula is C13H17NO4. The van der Waals surface area contributed by atoms with E-state index in [-0.39, 0.29) is 12.6 Å². The van der Waals surface area contributed by atoms with Crippen molar-refractivity contribution in [2.75, 3.05) is 0 Å². The van der Waals surface area contributed by atoms with Gasteiger partial charge in [-0.2, -0.15) is 0 Å². The first-order chi connectivity index (χ1) is 8.43. The van der Waals surface area contributed by atoms with Crippen molar-refractivity contribution in [3.8, 4) is 5.75 Å². The Kier molecular flexibility index (Phi) is 4.83. The first-order valence-electron chi connectivity index (χ1n) is 5.75. The lowest BCUT2D eigenvalue weighted by Crippen LogP contribution is -2.10. The maximum Gasteiger partial charge on any atom is 0.308 e. The van der Waals surface area contributed by atoms with E-state index in [1.165, 1.54) is 13.8 Å². The fraction of sp³-hybridized carbons (Fsp3) is 0.462. The molecule has 0 radical (unpaired) electrons. The van der Waals surface area contributed by atoms with Gasteiger partial charge < -0.3 is 9.47 Å². The number of aromatic nitrogens is 1. The Labute approximate surface area is 106 Å². The molecule has 0 bridgehead atoms. The van der Waals surface area contributed by atoms with Crippen LogP contribution in [0.25, 0.3) is 0 Å². The minimum absolute atomic E-state index is 0.0777. The van der Waals surface area contributed by atoms with E-state index < -0.39 is 5.97 Å². The van der Waals surface area contributed by atoms with Crippen LogP contribution < -0.4 is 4.74 Å². The van der Waals surface area contributed by atoms with Crippen molar-refractivity contribution in [3.63, 3.8) is 0 Å². The van der Waals surface area contributed by atoms with Gasteiger partial charge in [0.1, 0.15) is 6.61 Å². The van der Waals surface area contributed by atoms with Gasteiger partial charge >= 0.3 is 11.9 Å². The van der Waals surface area contributed by atoms with E-state index in [0.29, 0.717) is 23.4 Å². The highest BCUT2D eigenvalue weighted by atomic mass is 16.5. The van der Waals surface area contributed by atoms with E-state index in [2.05, 4.69) is 4.98 Å². The zero-order chi connectivity index (χ0) is 13.7. The summed E-state index contributed by atoms with van der Waals surface area (Å²) >= 11 is 0. The molecule has 5 nitrogen and oxygen atoms in total. The summed E-state index contributed by atoms with van der Waals surface area (Å²) in [6, 6.07) is 1.75. The molecular weight excluding hydrogens is 234 g/mol. The lowest BCUT2D eigenvalue weighted by Gasteiger charge is -2.13. The number of pyridine rings is 1. The van der Waals surface area contributed by atoms with Gasteiger partial charge in [-0.1, -0.05) is 6.92 Å². The molecule has 0 aromatic carbocycles. The van der Waals surface area contributed by atoms with Gasteiger partial charge in [0.25, 0.3) is 0 Å². The SMILES string of the molecule is CCc1nc(C)cc(COC(C)=O)c1OC(C)=O. The van der Waals surface area contributed by atoms with Gasteiger partial charge in [0.05, 0.1) is 5.69 Å². The molecule has 0 N–H and O–H groups in total. The number of rotatable bonds is 4. The van der Waals surface area contributed by atoms with Crippen LogP contribution in [-0.2, 0) is 27.4 Å². The highest BCUT2D eigenvalue weighted by Gasteiger charge is 2.14. The Bertz CT molecular complexity index is 468. The van der Waals surface area contributed by atoms with Gasteiger partial charge in [0.15, 0.2) is 5.75 Å². The van der Waals surface area contributed by atoms with Crippen molar-refractivity contribution in [2.45, 2.75) is 40.7 Å². The third-order valence-electron chi connectivity index (χ3n) is 2.26. The van der Waals surface area contributed by atoms with Gasteiger partial charge in [-0.05, 0) is 19.4 Å². The monoisotopic (exact) mass is 251 g/mol. The molecule has 0 spiro atoms. The minimum Gasteiger partial charge on any atom is -0.461 e. The zero-order valence-corrected chi connectivity index (χ0v) is 11.1. The van der Waals surface area contributed by atoms with E-state index >= 15 is 0 Å². The number of ether oxygens (including phenoxy) is 2. The van der Waals surface area contributed by atoms with E-state index in [1.54, 1.807) is 6.07 Å². The fourth-order valence-corrected chi connectivity index (χ4v) is 1.59. The molecule has 18 heavy (non-hydrogen) atoms. The van der Waals surface area contributed by atoms with Crippen molar-refractivity contribution < 1.29 is 19.1 Å². The van der Waals surface area contributed by atoms with Crippen molar-refractivity contribution in [3.05, 3.63) is 23.0 Å². The van der Waals surface area contributed by atoms with E-state index in [1.807, 2.05) is 13.8 Å². The van der Waals surface area contributed by atoms with Gasteiger partial charge in [-0.15, -0.1) is 0 Å². The Morgan fingerprint density at radius 3 is 2.44 bits per heavy atom. The van der Waals surface area contributed by atoms with Crippen LogP contribution in [0, 0.1) is 6.92 Å². The number of hydrogen-bond acceptors (Lipinski definition) is 5. The smallest absolute Gasteiger partial charge is 0.308 e. The molecule has 0 saturated heterocycles. The van der Waals surface area contributed by atoms with Crippen molar-refractivity contribution >= 4 is 11.9 Å². The van der Waals surface area contributed by atoms with Crippen LogP contribution in [0.15, 0.2) is 6.07 Å². The van der Waals surface area contributed by atoms with Crippen LogP contribution in [0.4, 0.5) is 0 Å². The summed E-state index contributed by atoms with van der Waals surface area (Å²) in [5.74, 6) is -0.396. The number of carbonyl (C=O) groups excluding carboxylic acids is 2. The summed E-state index contributed by atoms with van der Waals surface area (Å²) in [5.41, 5.74) is 2.14. The maximum absolute atomic E-state index is 11.1. The maximum atomic E-state index is 11.1. The van der Waals surface area contributed by atoms with Crippen molar-refractivity contribution in [1.82, 2.24) is 4.98 Å². The molecule has 0 unspecified atom stereocenters. The van der Waals surface area contributed by atoms with E-state index in [0.717, 1.165) is 5.69 Å². The summed E-state index contributed by atoms with van der Waals surface area (Å²) in [5, 5.41) is 0. The Morgan fingerprint density at radius 1 is 1.28 bits per heavy atom. The lowest BCUT2D eigenvalue weighted by atomic mass is 10.1. The molecule has 0 amide bonds. The Balaban J connectivity index is 3.14. The van der Waals surface area contributed by atoms with Gasteiger partial charge in [-0.3, -0.25) is 14.6 Å². The second-order valence-corrected chi connectivity index (χ2v) is 3.93. The molecule has 0 atom stereocenters. The molecule has 0 aliphatic carbocycles. The summed E-state index contributed by atoms with van der Waals surface area (Å²) < 4.78 is 10.1. The average Bonchev–Trinajstić information content (AvgIpc) is 2.28. The molecule has 0 aliphatic rings. The third-order valence-corrected chi connectivity index (χ3v) is 2.26. The van der Waals surface area contributed by atoms with E-state index in [9.17, 15) is 9.59 Å². The van der Waals surface area contributed by atoms with Crippen LogP contribution in [0.3, 0.4) is 0 Å². The van der Waals surface area contributed by atoms with Crippen LogP contribution in [-0.4, -0.2) is 16.9 Å². The number of esters is 2. The molecule has 1 aromatic heterocycles. The summed E-state index contributed by atoms with van der Waals surface area (Å²) in [4.78, 5) is 26.3. The summed E-state index contributed by atoms with van der Waals surface area (Å²) in [6.45, 7) is 6.50. The molecule has 98 valence electrons. The molecule has 5 heteroatoms. The summed E-state index contributed by atoms with van der Waals surface area (Å²) in [6.07, 6.45) is 0.636. The first-order valence-corrected chi connectivity index (χ1v) is 5.75. The minimum atomic E-state index is -0.417.